The molecule has 17 rings (SSSR count). The predicted octanol–water partition coefficient (Wildman–Crippen LogP) is 15.5. The zero-order valence-corrected chi connectivity index (χ0v) is 77.4. The van der Waals surface area contributed by atoms with Crippen LogP contribution in [0.4, 0.5) is 0 Å². The van der Waals surface area contributed by atoms with Gasteiger partial charge in [-0.05, 0) is 123 Å². The molecule has 28 nitrogen and oxygen atoms in total. The van der Waals surface area contributed by atoms with E-state index in [1.54, 1.807) is 152 Å². The van der Waals surface area contributed by atoms with Gasteiger partial charge in [0, 0.05) is 13.1 Å². The molecular formula is C114H109NO27. The summed E-state index contributed by atoms with van der Waals surface area (Å²) in [6, 6.07) is 108. The second kappa shape index (κ2) is 50.6. The molecule has 0 aliphatic carbocycles. The highest BCUT2D eigenvalue weighted by molar-refractivity contribution is 5.93. The molecule has 0 aromatic heterocycles. The minimum atomic E-state index is -2.17. The van der Waals surface area contributed by atoms with Crippen molar-refractivity contribution in [3.05, 3.63) is 443 Å². The normalized spacial score (nSPS) is 24.2. The smallest absolute Gasteiger partial charge is 0.338 e. The number of nitrogens with one attached hydrogen (secondary N) is 1. The van der Waals surface area contributed by atoms with E-state index in [9.17, 15) is 10.2 Å². The van der Waals surface area contributed by atoms with Crippen LogP contribution in [0.25, 0.3) is 10.8 Å². The number of esters is 6. The van der Waals surface area contributed by atoms with Crippen molar-refractivity contribution < 1.29 is 129 Å². The fraction of sp³-hybridized carbons (Fsp3) is 0.281. The average Bonchev–Trinajstić information content (AvgIpc) is 0.736. The van der Waals surface area contributed by atoms with Gasteiger partial charge in [0.2, 0.25) is 0 Å². The summed E-state index contributed by atoms with van der Waals surface area (Å²) in [5, 5.41) is 29.6. The second-order valence-corrected chi connectivity index (χ2v) is 34.3. The fourth-order valence-electron chi connectivity index (χ4n) is 17.3. The Bertz CT molecular complexity index is 6110. The summed E-state index contributed by atoms with van der Waals surface area (Å²) in [5.41, 5.74) is 4.52. The van der Waals surface area contributed by atoms with Crippen LogP contribution >= 0.6 is 0 Å². The zero-order valence-electron chi connectivity index (χ0n) is 77.4. The van der Waals surface area contributed by atoms with Crippen molar-refractivity contribution >= 4 is 46.6 Å². The maximum absolute atomic E-state index is 15.9. The molecule has 142 heavy (non-hydrogen) atoms. The number of carbonyl (C=O) groups is 6. The van der Waals surface area contributed by atoms with Crippen molar-refractivity contribution in [3.63, 3.8) is 0 Å². The van der Waals surface area contributed by atoms with Gasteiger partial charge in [0.1, 0.15) is 61.0 Å². The number of aliphatic hydroxyl groups is 2. The quantitative estimate of drug-likeness (QED) is 0.0182. The molecule has 4 saturated heterocycles. The molecule has 4 fully saturated rings. The standard InChI is InChI=1S/C114H109NO27/c116-66-89-93(127-70-78-42-18-4-19-43-78)97(129-72-80-60-61-81-46-34-35-59-88(81)64-80)101(136-107(120)84-51-26-8-27-52-84)112(130-89)140-96-92(74-125-69-77-40-16-3-17-41-77)133-114(104(139-110(123)87-57-32-11-33-58-87)100(96)135-106(119)83-49-24-7-25-50-83)142-98-94(128-71-79-44-20-5-21-45-79)90(67-117)131-113(103(98)138-109(122)86-55-30-10-31-56-86)141-95-91(73-124-68-76-38-14-2-15-39-76)132-111(126-63-62-115-65-75-36-12-1-13-37-75)102(137-108(121)85-53-28-9-29-54-85)99(95)134-105(118)82-47-22-6-23-48-82/h1-61,64,89-104,111-117H,62-63,65-74H2. The van der Waals surface area contributed by atoms with Crippen molar-refractivity contribution in [3.8, 4) is 0 Å². The SMILES string of the molecule is O=C(OC1C(OC2C(COCc3ccccc3)OC(OC3C(OCc4ccccc4)C(CO)OC(OC4C(COCc5ccccc5)OC(OCCNCc5ccccc5)C(OC(=O)c5ccccc5)C4OC(=O)c4ccccc4)C3OC(=O)c3ccccc3)C(OC(=O)c3ccccc3)C2OC(=O)c2ccccc2)OC(CO)C(OCc2ccccc2)C1OCc1ccc2ccccc2c1)c1ccccc1. The first-order chi connectivity index (χ1) is 69.8. The lowest BCUT2D eigenvalue weighted by atomic mass is 9.94. The van der Waals surface area contributed by atoms with Gasteiger partial charge in [-0.15, -0.1) is 0 Å². The minimum absolute atomic E-state index is 0.0220. The van der Waals surface area contributed by atoms with Gasteiger partial charge >= 0.3 is 35.8 Å². The number of rotatable bonds is 43. The Morgan fingerprint density at radius 1 is 0.239 bits per heavy atom. The third kappa shape index (κ3) is 26.5. The summed E-state index contributed by atoms with van der Waals surface area (Å²) in [4.78, 5) is 93.6. The maximum atomic E-state index is 15.9. The Balaban J connectivity index is 0.827. The third-order valence-corrected chi connectivity index (χ3v) is 24.5. The largest absolute Gasteiger partial charge is 0.452 e. The van der Waals surface area contributed by atoms with Crippen molar-refractivity contribution in [1.82, 2.24) is 5.32 Å². The lowest BCUT2D eigenvalue weighted by Crippen LogP contribution is -2.69. The highest BCUT2D eigenvalue weighted by atomic mass is 16.8. The molecule has 13 aromatic carbocycles. The van der Waals surface area contributed by atoms with Gasteiger partial charge in [-0.25, -0.2) is 28.8 Å². The maximum Gasteiger partial charge on any atom is 0.338 e. The Kier molecular flexibility index (Phi) is 35.6. The lowest BCUT2D eigenvalue weighted by molar-refractivity contribution is -0.391. The Morgan fingerprint density at radius 3 is 0.887 bits per heavy atom. The van der Waals surface area contributed by atoms with E-state index in [4.69, 9.17) is 90.0 Å². The molecule has 0 amide bonds. The molecule has 28 heteroatoms. The number of aliphatic hydroxyl groups excluding tert-OH is 2. The summed E-state index contributed by atoms with van der Waals surface area (Å²) >= 11 is 0. The van der Waals surface area contributed by atoms with Crippen LogP contribution in [-0.4, -0.2) is 208 Å². The second-order valence-electron chi connectivity index (χ2n) is 34.3. The van der Waals surface area contributed by atoms with Crippen molar-refractivity contribution in [1.29, 1.82) is 0 Å². The molecule has 3 N–H and O–H groups in total. The molecule has 4 aliphatic rings. The van der Waals surface area contributed by atoms with E-state index in [0.29, 0.717) is 23.2 Å². The van der Waals surface area contributed by atoms with Gasteiger partial charge in [0.15, 0.2) is 61.8 Å². The number of fused-ring (bicyclic) bond motifs is 1. The molecule has 732 valence electrons. The van der Waals surface area contributed by atoms with Crippen LogP contribution in [0.15, 0.2) is 376 Å². The summed E-state index contributed by atoms with van der Waals surface area (Å²) < 4.78 is 134. The van der Waals surface area contributed by atoms with Gasteiger partial charge in [-0.1, -0.05) is 297 Å². The minimum Gasteiger partial charge on any atom is -0.452 e. The summed E-state index contributed by atoms with van der Waals surface area (Å²) in [7, 11) is 0. The molecule has 0 bridgehead atoms. The van der Waals surface area contributed by atoms with Gasteiger partial charge in [0.25, 0.3) is 0 Å². The number of ether oxygens (including phenoxy) is 19. The van der Waals surface area contributed by atoms with Crippen LogP contribution < -0.4 is 5.32 Å². The summed E-state index contributed by atoms with van der Waals surface area (Å²) in [6.07, 6.45) is -35.7. The molecular weight excluding hydrogens is 1820 g/mol. The van der Waals surface area contributed by atoms with Crippen molar-refractivity contribution in [2.45, 2.75) is 162 Å². The summed E-state index contributed by atoms with van der Waals surface area (Å²) in [5.74, 6) is -5.85. The Hall–Kier alpha value is -13.7. The van der Waals surface area contributed by atoms with Crippen molar-refractivity contribution in [2.24, 2.45) is 0 Å². The van der Waals surface area contributed by atoms with Gasteiger partial charge in [-0.3, -0.25) is 0 Å². The van der Waals surface area contributed by atoms with Crippen molar-refractivity contribution in [2.75, 3.05) is 39.6 Å². The van der Waals surface area contributed by atoms with E-state index in [0.717, 1.165) is 27.5 Å². The van der Waals surface area contributed by atoms with E-state index in [-0.39, 0.29) is 79.6 Å². The van der Waals surface area contributed by atoms with E-state index in [2.05, 4.69) is 5.32 Å². The van der Waals surface area contributed by atoms with E-state index >= 15 is 28.8 Å². The van der Waals surface area contributed by atoms with Gasteiger partial charge in [0.05, 0.1) is 99.4 Å². The van der Waals surface area contributed by atoms with Gasteiger partial charge < -0.3 is 106 Å². The molecule has 0 radical (unpaired) electrons. The zero-order chi connectivity index (χ0) is 97.6. The number of hydrogen-bond acceptors (Lipinski definition) is 28. The van der Waals surface area contributed by atoms with E-state index in [1.165, 1.54) is 60.7 Å². The first-order valence-electron chi connectivity index (χ1n) is 47.2. The van der Waals surface area contributed by atoms with Crippen LogP contribution in [0, 0.1) is 0 Å². The third-order valence-electron chi connectivity index (χ3n) is 24.5. The summed E-state index contributed by atoms with van der Waals surface area (Å²) in [6.45, 7) is -2.75. The Labute approximate surface area is 821 Å². The lowest BCUT2D eigenvalue weighted by Gasteiger charge is -2.51. The van der Waals surface area contributed by atoms with Crippen LogP contribution in [-0.2, 0) is 130 Å². The molecule has 0 saturated carbocycles. The predicted molar refractivity (Wildman–Crippen MR) is 516 cm³/mol. The molecule has 4 heterocycles. The first kappa shape index (κ1) is 99.9. The molecule has 4 aliphatic heterocycles. The highest BCUT2D eigenvalue weighted by Gasteiger charge is 2.62. The van der Waals surface area contributed by atoms with Crippen LogP contribution in [0.2, 0.25) is 0 Å². The fourth-order valence-corrected chi connectivity index (χ4v) is 17.3. The average molecular weight is 1930 g/mol. The molecule has 0 spiro atoms. The van der Waals surface area contributed by atoms with E-state index < -0.39 is 185 Å². The Morgan fingerprint density at radius 2 is 0.514 bits per heavy atom. The molecule has 20 unspecified atom stereocenters. The number of hydrogen-bond donors (Lipinski definition) is 3. The number of carbonyl (C=O) groups excluding carboxylic acids is 6. The topological polar surface area (TPSA) is 330 Å². The monoisotopic (exact) mass is 1920 g/mol. The highest BCUT2D eigenvalue weighted by Crippen LogP contribution is 2.43. The van der Waals surface area contributed by atoms with Crippen LogP contribution in [0.1, 0.15) is 95.5 Å². The molecule has 20 atom stereocenters. The van der Waals surface area contributed by atoms with Gasteiger partial charge in [-0.2, -0.15) is 0 Å². The van der Waals surface area contributed by atoms with Crippen LogP contribution in [0.5, 0.6) is 0 Å². The first-order valence-corrected chi connectivity index (χ1v) is 47.2. The number of benzene rings is 13. The molecule has 13 aromatic rings. The van der Waals surface area contributed by atoms with Crippen LogP contribution in [0.3, 0.4) is 0 Å². The van der Waals surface area contributed by atoms with E-state index in [1.807, 2.05) is 164 Å².